The molecule has 2 rings (SSSR count). The number of carbonyl (C=O) groups is 1. The van der Waals surface area contributed by atoms with E-state index in [-0.39, 0.29) is 11.3 Å². The highest BCUT2D eigenvalue weighted by atomic mass is 32.2. The van der Waals surface area contributed by atoms with E-state index in [2.05, 4.69) is 10.0 Å². The van der Waals surface area contributed by atoms with Crippen molar-refractivity contribution < 1.29 is 22.0 Å². The Morgan fingerprint density at radius 2 is 1.50 bits per heavy atom. The number of hydrogen-bond donors (Lipinski definition) is 2. The molecule has 0 aromatic heterocycles. The van der Waals surface area contributed by atoms with Crippen LogP contribution in [-0.4, -0.2) is 19.6 Å². The third-order valence-corrected chi connectivity index (χ3v) is 4.91. The molecule has 0 spiro atoms. The molecule has 2 aromatic rings. The molecule has 0 saturated heterocycles. The van der Waals surface area contributed by atoms with E-state index >= 15 is 0 Å². The summed E-state index contributed by atoms with van der Waals surface area (Å²) in [4.78, 5) is 12.0. The van der Waals surface area contributed by atoms with Crippen molar-refractivity contribution in [3.8, 4) is 0 Å². The second-order valence-electron chi connectivity index (χ2n) is 5.39. The highest BCUT2D eigenvalue weighted by Crippen LogP contribution is 2.16. The molecule has 0 atom stereocenters. The lowest BCUT2D eigenvalue weighted by Gasteiger charge is -2.11. The smallest absolute Gasteiger partial charge is 0.255 e. The van der Waals surface area contributed by atoms with Crippen molar-refractivity contribution >= 4 is 27.3 Å². The molecule has 128 valence electrons. The molecule has 0 heterocycles. The maximum atomic E-state index is 13.1. The van der Waals surface area contributed by atoms with Gasteiger partial charge in [0.05, 0.1) is 5.25 Å². The molecular weight excluding hydrogens is 338 g/mol. The lowest BCUT2D eigenvalue weighted by molar-refractivity contribution is 0.102. The first-order valence-electron chi connectivity index (χ1n) is 7.06. The first-order chi connectivity index (χ1) is 11.2. The molecule has 0 unspecified atom stereocenters. The second-order valence-corrected chi connectivity index (χ2v) is 7.62. The van der Waals surface area contributed by atoms with Gasteiger partial charge in [-0.15, -0.1) is 0 Å². The molecule has 5 nitrogen and oxygen atoms in total. The van der Waals surface area contributed by atoms with Crippen LogP contribution in [0.5, 0.6) is 0 Å². The summed E-state index contributed by atoms with van der Waals surface area (Å²) in [5, 5.41) is 1.77. The molecule has 0 aliphatic rings. The Morgan fingerprint density at radius 3 is 2.00 bits per heavy atom. The van der Waals surface area contributed by atoms with Gasteiger partial charge in [-0.1, -0.05) is 0 Å². The third-order valence-electron chi connectivity index (χ3n) is 3.15. The summed E-state index contributed by atoms with van der Waals surface area (Å²) in [6, 6.07) is 8.36. The number of amides is 1. The van der Waals surface area contributed by atoms with E-state index in [0.717, 1.165) is 12.1 Å². The maximum absolute atomic E-state index is 13.1. The quantitative estimate of drug-likeness (QED) is 0.864. The van der Waals surface area contributed by atoms with Gasteiger partial charge >= 0.3 is 0 Å². The van der Waals surface area contributed by atoms with Crippen molar-refractivity contribution in [3.63, 3.8) is 0 Å². The number of rotatable bonds is 5. The minimum atomic E-state index is -3.48. The minimum Gasteiger partial charge on any atom is -0.322 e. The first-order valence-corrected chi connectivity index (χ1v) is 8.61. The molecule has 1 amide bonds. The van der Waals surface area contributed by atoms with E-state index in [9.17, 15) is 22.0 Å². The normalized spacial score (nSPS) is 11.4. The summed E-state index contributed by atoms with van der Waals surface area (Å²) in [6.45, 7) is 3.09. The summed E-state index contributed by atoms with van der Waals surface area (Å²) in [6.07, 6.45) is 0. The van der Waals surface area contributed by atoms with Crippen molar-refractivity contribution in [2.75, 3.05) is 10.0 Å². The zero-order chi connectivity index (χ0) is 17.9. The highest BCUT2D eigenvalue weighted by molar-refractivity contribution is 7.93. The van der Waals surface area contributed by atoms with Crippen molar-refractivity contribution in [2.24, 2.45) is 0 Å². The number of nitrogens with one attached hydrogen (secondary N) is 2. The molecule has 0 fully saturated rings. The van der Waals surface area contributed by atoms with Crippen LogP contribution in [0.4, 0.5) is 20.2 Å². The number of carbonyl (C=O) groups excluding carboxylic acids is 1. The second kappa shape index (κ2) is 6.96. The fraction of sp³-hybridized carbons (Fsp3) is 0.188. The van der Waals surface area contributed by atoms with Crippen LogP contribution in [0, 0.1) is 11.6 Å². The van der Waals surface area contributed by atoms with E-state index in [1.54, 1.807) is 13.8 Å². The third kappa shape index (κ3) is 4.51. The lowest BCUT2D eigenvalue weighted by atomic mass is 10.2. The van der Waals surface area contributed by atoms with E-state index in [0.29, 0.717) is 11.8 Å². The van der Waals surface area contributed by atoms with Gasteiger partial charge in [-0.25, -0.2) is 17.2 Å². The standard InChI is InChI=1S/C16H16F2N2O3S/c1-10(2)24(22,23)20-14-5-3-11(4-6-14)16(21)19-15-8-12(17)7-13(18)9-15/h3-10,20H,1-2H3,(H,19,21). The minimum absolute atomic E-state index is 0.0120. The number of hydrogen-bond acceptors (Lipinski definition) is 3. The van der Waals surface area contributed by atoms with Crippen molar-refractivity contribution in [3.05, 3.63) is 59.7 Å². The maximum Gasteiger partial charge on any atom is 0.255 e. The molecule has 0 aliphatic heterocycles. The molecule has 0 radical (unpaired) electrons. The largest absolute Gasteiger partial charge is 0.322 e. The fourth-order valence-corrected chi connectivity index (χ4v) is 2.50. The van der Waals surface area contributed by atoms with Crippen molar-refractivity contribution in [1.29, 1.82) is 0 Å². The van der Waals surface area contributed by atoms with Crippen LogP contribution in [0.1, 0.15) is 24.2 Å². The van der Waals surface area contributed by atoms with Crippen LogP contribution in [0.15, 0.2) is 42.5 Å². The van der Waals surface area contributed by atoms with Gasteiger partial charge in [-0.3, -0.25) is 9.52 Å². The van der Waals surface area contributed by atoms with Crippen LogP contribution in [-0.2, 0) is 10.0 Å². The predicted molar refractivity (Wildman–Crippen MR) is 88.4 cm³/mol. The van der Waals surface area contributed by atoms with E-state index < -0.39 is 32.8 Å². The summed E-state index contributed by atoms with van der Waals surface area (Å²) in [7, 11) is -3.48. The molecule has 8 heteroatoms. The molecule has 24 heavy (non-hydrogen) atoms. The molecule has 0 bridgehead atoms. The lowest BCUT2D eigenvalue weighted by Crippen LogP contribution is -2.22. The number of anilines is 2. The predicted octanol–water partition coefficient (Wildman–Crippen LogP) is 3.37. The Bertz CT molecular complexity index is 830. The molecule has 0 aliphatic carbocycles. The van der Waals surface area contributed by atoms with Crippen LogP contribution >= 0.6 is 0 Å². The van der Waals surface area contributed by atoms with Gasteiger partial charge in [0.15, 0.2) is 0 Å². The Balaban J connectivity index is 2.11. The van der Waals surface area contributed by atoms with E-state index in [1.165, 1.54) is 24.3 Å². The van der Waals surface area contributed by atoms with Gasteiger partial charge < -0.3 is 5.32 Å². The van der Waals surface area contributed by atoms with E-state index in [1.807, 2.05) is 0 Å². The Hall–Kier alpha value is -2.48. The summed E-state index contributed by atoms with van der Waals surface area (Å²) < 4.78 is 52.1. The fourth-order valence-electron chi connectivity index (χ4n) is 1.80. The van der Waals surface area contributed by atoms with Crippen LogP contribution < -0.4 is 10.0 Å². The molecular formula is C16H16F2N2O3S. The Labute approximate surface area is 138 Å². The SMILES string of the molecule is CC(C)S(=O)(=O)Nc1ccc(C(=O)Nc2cc(F)cc(F)c2)cc1. The van der Waals surface area contributed by atoms with Gasteiger partial charge in [0, 0.05) is 23.0 Å². The van der Waals surface area contributed by atoms with Gasteiger partial charge in [0.25, 0.3) is 5.91 Å². The summed E-state index contributed by atoms with van der Waals surface area (Å²) in [5.41, 5.74) is 0.520. The van der Waals surface area contributed by atoms with Crippen LogP contribution in [0.3, 0.4) is 0 Å². The average molecular weight is 354 g/mol. The average Bonchev–Trinajstić information content (AvgIpc) is 2.46. The number of sulfonamides is 1. The van der Waals surface area contributed by atoms with Gasteiger partial charge in [-0.2, -0.15) is 0 Å². The van der Waals surface area contributed by atoms with Crippen molar-refractivity contribution in [2.45, 2.75) is 19.1 Å². The highest BCUT2D eigenvalue weighted by Gasteiger charge is 2.15. The summed E-state index contributed by atoms with van der Waals surface area (Å²) in [5.74, 6) is -2.18. The van der Waals surface area contributed by atoms with Crippen molar-refractivity contribution in [1.82, 2.24) is 0 Å². The van der Waals surface area contributed by atoms with Gasteiger partial charge in [0.2, 0.25) is 10.0 Å². The molecule has 0 saturated carbocycles. The molecule has 2 aromatic carbocycles. The van der Waals surface area contributed by atoms with Crippen LogP contribution in [0.25, 0.3) is 0 Å². The molecule has 2 N–H and O–H groups in total. The van der Waals surface area contributed by atoms with Crippen LogP contribution in [0.2, 0.25) is 0 Å². The summed E-state index contributed by atoms with van der Waals surface area (Å²) >= 11 is 0. The van der Waals surface area contributed by atoms with Gasteiger partial charge in [-0.05, 0) is 50.2 Å². The monoisotopic (exact) mass is 354 g/mol. The zero-order valence-corrected chi connectivity index (χ0v) is 13.8. The zero-order valence-electron chi connectivity index (χ0n) is 13.0. The number of benzene rings is 2. The Morgan fingerprint density at radius 1 is 0.958 bits per heavy atom. The number of halogens is 2. The topological polar surface area (TPSA) is 75.3 Å². The Kier molecular flexibility index (Phi) is 5.18. The van der Waals surface area contributed by atoms with E-state index in [4.69, 9.17) is 0 Å². The first kappa shape index (κ1) is 17.9. The van der Waals surface area contributed by atoms with Gasteiger partial charge in [0.1, 0.15) is 11.6 Å².